The Bertz CT molecular complexity index is 493. The third-order valence-corrected chi connectivity index (χ3v) is 10.9. The van der Waals surface area contributed by atoms with Crippen LogP contribution in [0.1, 0.15) is 64.4 Å². The van der Waals surface area contributed by atoms with E-state index in [1.165, 1.54) is 37.7 Å². The summed E-state index contributed by atoms with van der Waals surface area (Å²) in [5.74, 6) is 3.83. The van der Waals surface area contributed by atoms with E-state index in [9.17, 15) is 4.39 Å². The van der Waals surface area contributed by atoms with Crippen LogP contribution in [0.4, 0.5) is 4.39 Å². The molecule has 1 aliphatic heterocycles. The van der Waals surface area contributed by atoms with Gasteiger partial charge < -0.3 is 0 Å². The van der Waals surface area contributed by atoms with Crippen molar-refractivity contribution < 1.29 is 4.39 Å². The van der Waals surface area contributed by atoms with Crippen molar-refractivity contribution in [2.24, 2.45) is 23.7 Å². The van der Waals surface area contributed by atoms with Crippen molar-refractivity contribution in [2.75, 3.05) is 0 Å². The lowest BCUT2D eigenvalue weighted by molar-refractivity contribution is 0.186. The summed E-state index contributed by atoms with van der Waals surface area (Å²) in [6, 6.07) is 12.0. The third-order valence-electron chi connectivity index (χ3n) is 7.01. The highest BCUT2D eigenvalue weighted by Gasteiger charge is 2.31. The first-order valence-corrected chi connectivity index (χ1v) is 13.3. The molecule has 1 aromatic carbocycles. The largest absolute Gasteiger partial charge is 0.207 e. The quantitative estimate of drug-likeness (QED) is 0.486. The Morgan fingerprint density at radius 2 is 1.52 bits per heavy atom. The van der Waals surface area contributed by atoms with Gasteiger partial charge in [-0.25, -0.2) is 4.39 Å². The van der Waals surface area contributed by atoms with E-state index < -0.39 is 0 Å². The topological polar surface area (TPSA) is 0 Å². The molecule has 2 aliphatic rings. The van der Waals surface area contributed by atoms with Crippen LogP contribution < -0.4 is 0 Å². The number of rotatable bonds is 6. The zero-order valence-corrected chi connectivity index (χ0v) is 17.5. The van der Waals surface area contributed by atoms with Gasteiger partial charge >= 0.3 is 0 Å². The van der Waals surface area contributed by atoms with Gasteiger partial charge in [0.2, 0.25) is 0 Å². The molecule has 0 amide bonds. The number of halogens is 1. The maximum atomic E-state index is 13.0. The van der Waals surface area contributed by atoms with E-state index in [-0.39, 0.29) is 14.6 Å². The van der Waals surface area contributed by atoms with E-state index in [2.05, 4.69) is 13.8 Å². The van der Waals surface area contributed by atoms with E-state index in [4.69, 9.17) is 0 Å². The first-order valence-electron chi connectivity index (χ1n) is 10.8. The maximum Gasteiger partial charge on any atom is 0.123 e. The van der Waals surface area contributed by atoms with Crippen molar-refractivity contribution in [3.8, 4) is 0 Å². The second-order valence-electron chi connectivity index (χ2n) is 9.36. The molecule has 0 N–H and O–H groups in total. The summed E-state index contributed by atoms with van der Waals surface area (Å²) in [4.78, 5) is 0. The Kier molecular flexibility index (Phi) is 7.15. The van der Waals surface area contributed by atoms with Crippen LogP contribution >= 0.6 is 0 Å². The second-order valence-corrected chi connectivity index (χ2v) is 12.7. The van der Waals surface area contributed by atoms with Crippen LogP contribution in [0.3, 0.4) is 0 Å². The molecule has 2 heteroatoms. The number of hydrogen-bond donors (Lipinski definition) is 0. The molecule has 1 aliphatic carbocycles. The molecule has 3 rings (SSSR count). The number of benzene rings is 1. The van der Waals surface area contributed by atoms with Gasteiger partial charge in [-0.05, 0) is 67.1 Å². The molecule has 1 heterocycles. The van der Waals surface area contributed by atoms with Gasteiger partial charge in [-0.2, -0.15) is 0 Å². The summed E-state index contributed by atoms with van der Waals surface area (Å²) in [7, 11) is -0.366. The Labute approximate surface area is 156 Å². The van der Waals surface area contributed by atoms with Gasteiger partial charge in [0, 0.05) is 8.80 Å². The molecule has 0 aromatic heterocycles. The lowest BCUT2D eigenvalue weighted by Crippen LogP contribution is -2.29. The highest BCUT2D eigenvalue weighted by atomic mass is 28.3. The second kappa shape index (κ2) is 9.35. The SMILES string of the molecule is CC(C)C[Si@H]1CC[C@H]([C@H]2CC[C@H](CCc3ccc(F)cc3)CC2)CC1. The molecule has 0 spiro atoms. The summed E-state index contributed by atoms with van der Waals surface area (Å²) in [6.45, 7) is 4.82. The first kappa shape index (κ1) is 19.1. The van der Waals surface area contributed by atoms with E-state index in [1.807, 2.05) is 12.1 Å². The zero-order chi connectivity index (χ0) is 17.6. The van der Waals surface area contributed by atoms with Gasteiger partial charge in [0.15, 0.2) is 0 Å². The third kappa shape index (κ3) is 5.94. The Balaban J connectivity index is 1.35. The van der Waals surface area contributed by atoms with Crippen molar-refractivity contribution in [3.63, 3.8) is 0 Å². The van der Waals surface area contributed by atoms with Gasteiger partial charge in [-0.1, -0.05) is 69.8 Å². The standard InChI is InChI=1S/C23H37FSi/c1-18(2)17-25-15-13-22(14-16-25)21-9-5-19(6-10-21)3-4-20-7-11-23(24)12-8-20/h7-8,11-12,18-19,21-22,25H,3-6,9-10,13-17H2,1-2H3/t19-,21-,22-,25-. The maximum absolute atomic E-state index is 13.0. The number of hydrogen-bond acceptors (Lipinski definition) is 0. The van der Waals surface area contributed by atoms with E-state index in [1.54, 1.807) is 43.1 Å². The van der Waals surface area contributed by atoms with Crippen molar-refractivity contribution in [1.29, 1.82) is 0 Å². The molecule has 140 valence electrons. The minimum Gasteiger partial charge on any atom is -0.207 e. The highest BCUT2D eigenvalue weighted by Crippen LogP contribution is 2.42. The molecule has 0 bridgehead atoms. The molecule has 1 aromatic rings. The molecule has 1 saturated heterocycles. The smallest absolute Gasteiger partial charge is 0.123 e. The molecule has 1 saturated carbocycles. The fourth-order valence-electron chi connectivity index (χ4n) is 5.53. The van der Waals surface area contributed by atoms with E-state index in [0.717, 1.165) is 30.1 Å². The Morgan fingerprint density at radius 1 is 0.920 bits per heavy atom. The summed E-state index contributed by atoms with van der Waals surface area (Å²) < 4.78 is 13.0. The average molecular weight is 361 g/mol. The van der Waals surface area contributed by atoms with Gasteiger partial charge in [-0.15, -0.1) is 0 Å². The molecule has 2 fully saturated rings. The van der Waals surface area contributed by atoms with Crippen LogP contribution in [-0.4, -0.2) is 8.80 Å². The summed E-state index contributed by atoms with van der Waals surface area (Å²) >= 11 is 0. The van der Waals surface area contributed by atoms with Crippen LogP contribution in [0.15, 0.2) is 24.3 Å². The minimum atomic E-state index is -0.366. The Morgan fingerprint density at radius 3 is 2.12 bits per heavy atom. The summed E-state index contributed by atoms with van der Waals surface area (Å²) in [5.41, 5.74) is 1.30. The predicted molar refractivity (Wildman–Crippen MR) is 109 cm³/mol. The first-order chi connectivity index (χ1) is 12.1. The molecule has 0 radical (unpaired) electrons. The van der Waals surface area contributed by atoms with Crippen LogP contribution in [0.2, 0.25) is 18.1 Å². The van der Waals surface area contributed by atoms with Gasteiger partial charge in [0.25, 0.3) is 0 Å². The highest BCUT2D eigenvalue weighted by molar-refractivity contribution is 6.59. The lowest BCUT2D eigenvalue weighted by atomic mass is 9.73. The van der Waals surface area contributed by atoms with Crippen molar-refractivity contribution in [1.82, 2.24) is 0 Å². The van der Waals surface area contributed by atoms with Crippen LogP contribution in [0, 0.1) is 29.5 Å². The summed E-state index contributed by atoms with van der Waals surface area (Å²) in [5, 5.41) is 0. The molecule has 0 atom stereocenters. The normalized spacial score (nSPS) is 30.6. The van der Waals surface area contributed by atoms with E-state index >= 15 is 0 Å². The predicted octanol–water partition coefficient (Wildman–Crippen LogP) is 6.86. The fourth-order valence-corrected chi connectivity index (χ4v) is 9.42. The Hall–Kier alpha value is -0.633. The van der Waals surface area contributed by atoms with Crippen molar-refractivity contribution in [2.45, 2.75) is 83.3 Å². The van der Waals surface area contributed by atoms with Crippen molar-refractivity contribution >= 4 is 8.80 Å². The van der Waals surface area contributed by atoms with Gasteiger partial charge in [-0.3, -0.25) is 0 Å². The van der Waals surface area contributed by atoms with E-state index in [0.29, 0.717) is 0 Å². The average Bonchev–Trinajstić information content (AvgIpc) is 2.62. The molecule has 0 nitrogen and oxygen atoms in total. The number of aryl methyl sites for hydroxylation is 1. The molecule has 25 heavy (non-hydrogen) atoms. The van der Waals surface area contributed by atoms with Crippen LogP contribution in [-0.2, 0) is 6.42 Å². The van der Waals surface area contributed by atoms with Gasteiger partial charge in [0.1, 0.15) is 5.82 Å². The zero-order valence-electron chi connectivity index (χ0n) is 16.4. The van der Waals surface area contributed by atoms with Crippen LogP contribution in [0.5, 0.6) is 0 Å². The molecular formula is C23H37FSi. The molecule has 0 unspecified atom stereocenters. The summed E-state index contributed by atoms with van der Waals surface area (Å²) in [6.07, 6.45) is 11.4. The molecular weight excluding hydrogens is 323 g/mol. The van der Waals surface area contributed by atoms with Gasteiger partial charge in [0.05, 0.1) is 0 Å². The lowest BCUT2D eigenvalue weighted by Gasteiger charge is -2.38. The minimum absolute atomic E-state index is 0.115. The van der Waals surface area contributed by atoms with Crippen molar-refractivity contribution in [3.05, 3.63) is 35.6 Å². The fraction of sp³-hybridized carbons (Fsp3) is 0.739. The van der Waals surface area contributed by atoms with Crippen LogP contribution in [0.25, 0.3) is 0 Å². The monoisotopic (exact) mass is 360 g/mol.